The molecule has 1 aliphatic heterocycles. The maximum Gasteiger partial charge on any atom is 0.144 e. The number of piperidine rings is 1. The van der Waals surface area contributed by atoms with Crippen molar-refractivity contribution in [1.29, 1.82) is 0 Å². The fraction of sp³-hybridized carbons (Fsp3) is 0.625. The molecule has 1 aliphatic rings. The summed E-state index contributed by atoms with van der Waals surface area (Å²) in [5, 5.41) is 3.31. The lowest BCUT2D eigenvalue weighted by Crippen LogP contribution is -2.40. The third kappa shape index (κ3) is 2.85. The van der Waals surface area contributed by atoms with Crippen molar-refractivity contribution in [1.82, 2.24) is 10.3 Å². The Morgan fingerprint density at radius 3 is 2.65 bits per heavy atom. The number of ether oxygens (including phenoxy) is 1. The topological polar surface area (TPSA) is 51.2 Å². The number of nitrogens with one attached hydrogen (secondary N) is 1. The van der Waals surface area contributed by atoms with Crippen molar-refractivity contribution in [2.24, 2.45) is 5.41 Å². The van der Waals surface area contributed by atoms with E-state index in [1.807, 2.05) is 13.8 Å². The van der Waals surface area contributed by atoms with E-state index in [9.17, 15) is 4.79 Å². The number of pyridine rings is 1. The van der Waals surface area contributed by atoms with Crippen LogP contribution >= 0.6 is 0 Å². The number of carbonyl (C=O) groups is 1. The van der Waals surface area contributed by atoms with Crippen LogP contribution in [0.3, 0.4) is 0 Å². The highest BCUT2D eigenvalue weighted by Gasteiger charge is 2.34. The second-order valence-corrected chi connectivity index (χ2v) is 5.96. The van der Waals surface area contributed by atoms with Crippen LogP contribution in [0.5, 0.6) is 5.75 Å². The molecule has 110 valence electrons. The molecule has 2 rings (SSSR count). The summed E-state index contributed by atoms with van der Waals surface area (Å²) in [4.78, 5) is 17.1. The molecular weight excluding hydrogens is 252 g/mol. The Hall–Kier alpha value is -1.42. The number of aromatic nitrogens is 1. The van der Waals surface area contributed by atoms with Crippen LogP contribution in [0.25, 0.3) is 0 Å². The van der Waals surface area contributed by atoms with Gasteiger partial charge in [0.1, 0.15) is 11.5 Å². The first-order chi connectivity index (χ1) is 9.48. The van der Waals surface area contributed by atoms with E-state index >= 15 is 0 Å². The van der Waals surface area contributed by atoms with Crippen molar-refractivity contribution in [3.63, 3.8) is 0 Å². The number of methoxy groups -OCH3 is 1. The Morgan fingerprint density at radius 1 is 1.40 bits per heavy atom. The summed E-state index contributed by atoms with van der Waals surface area (Å²) in [6, 6.07) is 0. The molecule has 0 aromatic carbocycles. The standard InChI is InChI=1S/C16H24N2O2/c1-11-10-18-13(12(2)15(11)20-4)9-14(19)16(3)5-7-17-8-6-16/h10,17H,5-9H2,1-4H3. The van der Waals surface area contributed by atoms with E-state index < -0.39 is 0 Å². The Labute approximate surface area is 120 Å². The molecule has 0 unspecified atom stereocenters. The van der Waals surface area contributed by atoms with E-state index in [0.29, 0.717) is 12.2 Å². The lowest BCUT2D eigenvalue weighted by atomic mass is 9.75. The van der Waals surface area contributed by atoms with Gasteiger partial charge in [-0.05, 0) is 39.8 Å². The Balaban J connectivity index is 2.19. The Morgan fingerprint density at radius 2 is 2.05 bits per heavy atom. The number of aryl methyl sites for hydroxylation is 1. The van der Waals surface area contributed by atoms with Gasteiger partial charge in [-0.2, -0.15) is 0 Å². The summed E-state index contributed by atoms with van der Waals surface area (Å²) >= 11 is 0. The van der Waals surface area contributed by atoms with Gasteiger partial charge in [0.2, 0.25) is 0 Å². The zero-order valence-corrected chi connectivity index (χ0v) is 12.9. The van der Waals surface area contributed by atoms with Gasteiger partial charge >= 0.3 is 0 Å². The minimum atomic E-state index is -0.211. The minimum absolute atomic E-state index is 0.211. The summed E-state index contributed by atoms with van der Waals surface area (Å²) in [6.07, 6.45) is 4.01. The van der Waals surface area contributed by atoms with Gasteiger partial charge in [-0.3, -0.25) is 9.78 Å². The van der Waals surface area contributed by atoms with Crippen molar-refractivity contribution in [2.75, 3.05) is 20.2 Å². The predicted octanol–water partition coefficient (Wildman–Crippen LogP) is 2.21. The molecule has 2 heterocycles. The number of hydrogen-bond donors (Lipinski definition) is 1. The van der Waals surface area contributed by atoms with Crippen molar-refractivity contribution in [3.8, 4) is 5.75 Å². The van der Waals surface area contributed by atoms with Crippen molar-refractivity contribution < 1.29 is 9.53 Å². The van der Waals surface area contributed by atoms with Crippen LogP contribution in [0.2, 0.25) is 0 Å². The molecule has 1 aromatic rings. The number of ketones is 1. The third-order valence-electron chi connectivity index (χ3n) is 4.46. The molecule has 0 bridgehead atoms. The highest BCUT2D eigenvalue weighted by Crippen LogP contribution is 2.32. The largest absolute Gasteiger partial charge is 0.496 e. The number of carbonyl (C=O) groups excluding carboxylic acids is 1. The van der Waals surface area contributed by atoms with Gasteiger partial charge in [-0.1, -0.05) is 6.92 Å². The summed E-state index contributed by atoms with van der Waals surface area (Å²) in [5.41, 5.74) is 2.63. The molecule has 0 spiro atoms. The minimum Gasteiger partial charge on any atom is -0.496 e. The SMILES string of the molecule is COc1c(C)cnc(CC(=O)C2(C)CCNCC2)c1C. The molecule has 20 heavy (non-hydrogen) atoms. The van der Waals surface area contributed by atoms with E-state index in [-0.39, 0.29) is 5.41 Å². The first-order valence-corrected chi connectivity index (χ1v) is 7.21. The van der Waals surface area contributed by atoms with Gasteiger partial charge in [0, 0.05) is 29.2 Å². The van der Waals surface area contributed by atoms with E-state index in [2.05, 4.69) is 17.2 Å². The molecule has 1 N–H and O–H groups in total. The van der Waals surface area contributed by atoms with Crippen LogP contribution in [0.1, 0.15) is 36.6 Å². The fourth-order valence-electron chi connectivity index (χ4n) is 2.87. The van der Waals surface area contributed by atoms with Gasteiger partial charge in [0.15, 0.2) is 0 Å². The van der Waals surface area contributed by atoms with Crippen LogP contribution in [-0.4, -0.2) is 31.0 Å². The van der Waals surface area contributed by atoms with E-state index in [4.69, 9.17) is 4.74 Å². The fourth-order valence-corrected chi connectivity index (χ4v) is 2.87. The van der Waals surface area contributed by atoms with Crippen LogP contribution in [0.15, 0.2) is 6.20 Å². The lowest BCUT2D eigenvalue weighted by molar-refractivity contribution is -0.128. The highest BCUT2D eigenvalue weighted by atomic mass is 16.5. The first kappa shape index (κ1) is 15.0. The molecule has 0 aliphatic carbocycles. The molecule has 0 amide bonds. The molecule has 1 saturated heterocycles. The lowest BCUT2D eigenvalue weighted by Gasteiger charge is -2.32. The van der Waals surface area contributed by atoms with Crippen molar-refractivity contribution >= 4 is 5.78 Å². The molecule has 0 radical (unpaired) electrons. The molecule has 0 saturated carbocycles. The van der Waals surface area contributed by atoms with Crippen LogP contribution in [0.4, 0.5) is 0 Å². The van der Waals surface area contributed by atoms with E-state index in [1.165, 1.54) is 0 Å². The van der Waals surface area contributed by atoms with Crippen molar-refractivity contribution in [3.05, 3.63) is 23.0 Å². The molecule has 1 fully saturated rings. The summed E-state index contributed by atoms with van der Waals surface area (Å²) in [5.74, 6) is 1.14. The molecule has 4 nitrogen and oxygen atoms in total. The average molecular weight is 276 g/mol. The maximum absolute atomic E-state index is 12.6. The second kappa shape index (κ2) is 5.92. The summed E-state index contributed by atoms with van der Waals surface area (Å²) in [6.45, 7) is 7.87. The number of hydrogen-bond acceptors (Lipinski definition) is 4. The van der Waals surface area contributed by atoms with Crippen LogP contribution < -0.4 is 10.1 Å². The molecular formula is C16H24N2O2. The highest BCUT2D eigenvalue weighted by molar-refractivity contribution is 5.86. The van der Waals surface area contributed by atoms with E-state index in [0.717, 1.165) is 48.5 Å². The van der Waals surface area contributed by atoms with Gasteiger partial charge < -0.3 is 10.1 Å². The smallest absolute Gasteiger partial charge is 0.144 e. The van der Waals surface area contributed by atoms with Gasteiger partial charge in [0.05, 0.1) is 12.8 Å². The Kier molecular flexibility index (Phi) is 4.43. The number of Topliss-reactive ketones (excluding diaryl/α,β-unsaturated/α-hetero) is 1. The zero-order chi connectivity index (χ0) is 14.8. The Bertz CT molecular complexity index is 505. The maximum atomic E-state index is 12.6. The average Bonchev–Trinajstić information content (AvgIpc) is 2.43. The number of nitrogens with zero attached hydrogens (tertiary/aromatic N) is 1. The molecule has 0 atom stereocenters. The quantitative estimate of drug-likeness (QED) is 0.916. The summed E-state index contributed by atoms with van der Waals surface area (Å²) in [7, 11) is 1.66. The van der Waals surface area contributed by atoms with E-state index in [1.54, 1.807) is 13.3 Å². The van der Waals surface area contributed by atoms with Gasteiger partial charge in [-0.15, -0.1) is 0 Å². The zero-order valence-electron chi connectivity index (χ0n) is 12.9. The third-order valence-corrected chi connectivity index (χ3v) is 4.46. The van der Waals surface area contributed by atoms with Crippen LogP contribution in [0, 0.1) is 19.3 Å². The van der Waals surface area contributed by atoms with Crippen molar-refractivity contribution in [2.45, 2.75) is 40.0 Å². The normalized spacial score (nSPS) is 17.8. The molecule has 1 aromatic heterocycles. The van der Waals surface area contributed by atoms with Gasteiger partial charge in [0.25, 0.3) is 0 Å². The first-order valence-electron chi connectivity index (χ1n) is 7.21. The second-order valence-electron chi connectivity index (χ2n) is 5.96. The number of rotatable bonds is 4. The molecule has 4 heteroatoms. The van der Waals surface area contributed by atoms with Gasteiger partial charge in [-0.25, -0.2) is 0 Å². The predicted molar refractivity (Wildman–Crippen MR) is 79.2 cm³/mol. The summed E-state index contributed by atoms with van der Waals surface area (Å²) < 4.78 is 5.41. The monoisotopic (exact) mass is 276 g/mol. The van der Waals surface area contributed by atoms with Crippen LogP contribution in [-0.2, 0) is 11.2 Å².